The highest BCUT2D eigenvalue weighted by Gasteiger charge is 2.34. The van der Waals surface area contributed by atoms with Crippen molar-refractivity contribution in [1.82, 2.24) is 29.2 Å². The van der Waals surface area contributed by atoms with Gasteiger partial charge < -0.3 is 24.7 Å². The molecule has 2 N–H and O–H groups in total. The lowest BCUT2D eigenvalue weighted by atomic mass is 10.1. The Morgan fingerprint density at radius 2 is 2.00 bits per heavy atom. The fourth-order valence-corrected chi connectivity index (χ4v) is 4.71. The second kappa shape index (κ2) is 10.1. The van der Waals surface area contributed by atoms with Gasteiger partial charge in [-0.1, -0.05) is 5.92 Å². The Morgan fingerprint density at radius 3 is 2.73 bits per heavy atom. The van der Waals surface area contributed by atoms with Gasteiger partial charge in [-0.15, -0.1) is 0 Å². The van der Waals surface area contributed by atoms with Crippen molar-refractivity contribution >= 4 is 39.8 Å². The number of aryl methyl sites for hydroxylation is 1. The zero-order valence-corrected chi connectivity index (χ0v) is 23.0. The number of nitrogen functional groups attached to an aromatic ring is 1. The molecule has 0 unspecified atom stereocenters. The maximum Gasteiger partial charge on any atom is 0.410 e. The summed E-state index contributed by atoms with van der Waals surface area (Å²) in [5.41, 5.74) is 7.81. The van der Waals surface area contributed by atoms with Crippen molar-refractivity contribution in [1.29, 1.82) is 0 Å². The number of fused-ring (bicyclic) bond motifs is 2. The summed E-state index contributed by atoms with van der Waals surface area (Å²) in [6.45, 7) is 8.02. The number of ether oxygens (including phenoxy) is 2. The fraction of sp³-hybridized carbons (Fsp3) is 0.393. The van der Waals surface area contributed by atoms with E-state index >= 15 is 0 Å². The molecule has 40 heavy (non-hydrogen) atoms. The lowest BCUT2D eigenvalue weighted by Crippen LogP contribution is -2.35. The second-order valence-electron chi connectivity index (χ2n) is 10.6. The average molecular weight is 548 g/mol. The van der Waals surface area contributed by atoms with E-state index < -0.39 is 23.5 Å². The minimum atomic E-state index is -0.638. The zero-order chi connectivity index (χ0) is 28.8. The van der Waals surface area contributed by atoms with E-state index in [0.29, 0.717) is 41.4 Å². The molecule has 11 nitrogen and oxygen atoms in total. The van der Waals surface area contributed by atoms with Gasteiger partial charge in [0, 0.05) is 32.4 Å². The van der Waals surface area contributed by atoms with Gasteiger partial charge in [-0.25, -0.2) is 23.9 Å². The van der Waals surface area contributed by atoms with Crippen LogP contribution in [0.15, 0.2) is 24.7 Å². The number of esters is 1. The number of hydrogen-bond donors (Lipinski definition) is 1. The van der Waals surface area contributed by atoms with E-state index in [-0.39, 0.29) is 35.3 Å². The molecule has 4 aromatic rings. The molecule has 0 radical (unpaired) electrons. The molecule has 4 heterocycles. The van der Waals surface area contributed by atoms with Crippen LogP contribution in [0.25, 0.3) is 21.9 Å². The Morgan fingerprint density at radius 1 is 1.23 bits per heavy atom. The number of benzene rings is 1. The Hall–Kier alpha value is -4.66. The Balaban J connectivity index is 1.60. The van der Waals surface area contributed by atoms with Crippen molar-refractivity contribution in [3.8, 4) is 11.8 Å². The van der Waals surface area contributed by atoms with Gasteiger partial charge in [-0.3, -0.25) is 4.68 Å². The number of carbonyl (C=O) groups excluding carboxylic acids is 2. The summed E-state index contributed by atoms with van der Waals surface area (Å²) < 4.78 is 29.1. The maximum atomic E-state index is 14.9. The molecule has 5 rings (SSSR count). The van der Waals surface area contributed by atoms with Gasteiger partial charge >= 0.3 is 12.1 Å². The summed E-state index contributed by atoms with van der Waals surface area (Å²) in [6.07, 6.45) is 3.07. The van der Waals surface area contributed by atoms with Crippen LogP contribution in [-0.4, -0.2) is 66.6 Å². The van der Waals surface area contributed by atoms with Gasteiger partial charge in [0.15, 0.2) is 0 Å². The number of imidazole rings is 1. The van der Waals surface area contributed by atoms with Crippen molar-refractivity contribution in [2.75, 3.05) is 25.4 Å². The molecule has 1 atom stereocenters. The smallest absolute Gasteiger partial charge is 0.410 e. The Bertz CT molecular complexity index is 1710. The summed E-state index contributed by atoms with van der Waals surface area (Å²) in [5.74, 6) is 4.80. The number of nitrogens with two attached hydrogens (primary N) is 1. The summed E-state index contributed by atoms with van der Waals surface area (Å²) in [4.78, 5) is 35.7. The Kier molecular flexibility index (Phi) is 6.83. The number of aromatic nitrogens is 5. The van der Waals surface area contributed by atoms with Crippen LogP contribution in [0.2, 0.25) is 0 Å². The van der Waals surface area contributed by atoms with Crippen LogP contribution in [-0.2, 0) is 16.5 Å². The van der Waals surface area contributed by atoms with E-state index in [2.05, 4.69) is 21.8 Å². The number of halogens is 1. The van der Waals surface area contributed by atoms with Crippen LogP contribution in [0, 0.1) is 17.7 Å². The third-order valence-corrected chi connectivity index (χ3v) is 6.54. The van der Waals surface area contributed by atoms with Gasteiger partial charge in [0.2, 0.25) is 0 Å². The van der Waals surface area contributed by atoms with Crippen LogP contribution in [0.3, 0.4) is 0 Å². The third-order valence-electron chi connectivity index (χ3n) is 6.54. The molecule has 0 bridgehead atoms. The number of hydrogen-bond acceptors (Lipinski definition) is 8. The molecule has 1 saturated heterocycles. The standard InChI is InChI=1S/C28H30FN7O4/c1-6-39-26(37)18-13-31-25(30)23-20(8-7-16-11-21-22(12-19(16)29)34(5)15-32-21)33-36(24(18)23)17-9-10-35(14-17)27(38)40-28(2,3)4/h11-13,15,17H,6,9-10,14H2,1-5H3,(H2,30,31)/t17-/m0/s1. The lowest BCUT2D eigenvalue weighted by molar-refractivity contribution is 0.0288. The predicted molar refractivity (Wildman–Crippen MR) is 146 cm³/mol. The first-order valence-corrected chi connectivity index (χ1v) is 12.9. The molecule has 0 saturated carbocycles. The highest BCUT2D eigenvalue weighted by atomic mass is 19.1. The van der Waals surface area contributed by atoms with Crippen LogP contribution in [0.1, 0.15) is 61.8 Å². The van der Waals surface area contributed by atoms with Crippen molar-refractivity contribution in [3.05, 3.63) is 47.3 Å². The van der Waals surface area contributed by atoms with Crippen LogP contribution in [0.5, 0.6) is 0 Å². The number of likely N-dealkylation sites (tertiary alicyclic amines) is 1. The summed E-state index contributed by atoms with van der Waals surface area (Å²) in [7, 11) is 1.78. The molecule has 1 aliphatic rings. The van der Waals surface area contributed by atoms with Crippen molar-refractivity contribution in [3.63, 3.8) is 0 Å². The van der Waals surface area contributed by atoms with Gasteiger partial charge in [-0.2, -0.15) is 5.10 Å². The first-order valence-electron chi connectivity index (χ1n) is 12.9. The van der Waals surface area contributed by atoms with Crippen LogP contribution < -0.4 is 5.73 Å². The van der Waals surface area contributed by atoms with Gasteiger partial charge in [0.05, 0.1) is 46.5 Å². The topological polar surface area (TPSA) is 130 Å². The summed E-state index contributed by atoms with van der Waals surface area (Å²) in [6, 6.07) is 2.64. The van der Waals surface area contributed by atoms with E-state index in [4.69, 9.17) is 20.3 Å². The Labute approximate surface area is 230 Å². The number of anilines is 1. The summed E-state index contributed by atoms with van der Waals surface area (Å²) >= 11 is 0. The van der Waals surface area contributed by atoms with Gasteiger partial charge in [0.25, 0.3) is 0 Å². The first kappa shape index (κ1) is 26.9. The fourth-order valence-electron chi connectivity index (χ4n) is 4.71. The normalized spacial score (nSPS) is 15.3. The first-order chi connectivity index (χ1) is 19.0. The highest BCUT2D eigenvalue weighted by molar-refractivity contribution is 6.07. The maximum absolute atomic E-state index is 14.9. The average Bonchev–Trinajstić information content (AvgIpc) is 3.60. The monoisotopic (exact) mass is 547 g/mol. The summed E-state index contributed by atoms with van der Waals surface area (Å²) in [5, 5.41) is 5.06. The molecule has 3 aromatic heterocycles. The molecule has 0 aliphatic carbocycles. The zero-order valence-electron chi connectivity index (χ0n) is 23.0. The molecule has 1 amide bonds. The molecule has 12 heteroatoms. The molecular formula is C28H30FN7O4. The number of pyridine rings is 1. The molecular weight excluding hydrogens is 517 g/mol. The highest BCUT2D eigenvalue weighted by Crippen LogP contribution is 2.33. The second-order valence-corrected chi connectivity index (χ2v) is 10.6. The van der Waals surface area contributed by atoms with Crippen LogP contribution in [0.4, 0.5) is 15.0 Å². The quantitative estimate of drug-likeness (QED) is 0.303. The molecule has 1 fully saturated rings. The molecule has 208 valence electrons. The molecule has 0 spiro atoms. The van der Waals surface area contributed by atoms with E-state index in [0.717, 1.165) is 0 Å². The number of carbonyl (C=O) groups is 2. The number of nitrogens with zero attached hydrogens (tertiary/aromatic N) is 6. The van der Waals surface area contributed by atoms with E-state index in [1.54, 1.807) is 61.3 Å². The van der Waals surface area contributed by atoms with Gasteiger partial charge in [0.1, 0.15) is 28.5 Å². The molecule has 1 aliphatic heterocycles. The number of rotatable bonds is 3. The van der Waals surface area contributed by atoms with Gasteiger partial charge in [-0.05, 0) is 46.1 Å². The van der Waals surface area contributed by atoms with Crippen molar-refractivity contribution < 1.29 is 23.5 Å². The molecule has 1 aromatic carbocycles. The minimum absolute atomic E-state index is 0.112. The van der Waals surface area contributed by atoms with Crippen LogP contribution >= 0.6 is 0 Å². The third kappa shape index (κ3) is 5.02. The van der Waals surface area contributed by atoms with E-state index in [1.807, 2.05) is 0 Å². The van der Waals surface area contributed by atoms with E-state index in [9.17, 15) is 14.0 Å². The van der Waals surface area contributed by atoms with Crippen molar-refractivity contribution in [2.45, 2.75) is 45.8 Å². The van der Waals surface area contributed by atoms with E-state index in [1.165, 1.54) is 12.3 Å². The number of amides is 1. The predicted octanol–water partition coefficient (Wildman–Crippen LogP) is 3.80. The minimum Gasteiger partial charge on any atom is -0.462 e. The lowest BCUT2D eigenvalue weighted by Gasteiger charge is -2.24. The SMILES string of the molecule is CCOC(=O)c1cnc(N)c2c(C#Cc3cc4ncn(C)c4cc3F)nn([C@H]3CCN(C(=O)OC(C)(C)C)C3)c12. The van der Waals surface area contributed by atoms with Crippen molar-refractivity contribution in [2.24, 2.45) is 7.05 Å². The largest absolute Gasteiger partial charge is 0.462 e.